The average molecular weight is 253 g/mol. The topological polar surface area (TPSA) is 0 Å². The summed E-state index contributed by atoms with van der Waals surface area (Å²) in [6.07, 6.45) is 0. The van der Waals surface area contributed by atoms with E-state index in [0.717, 1.165) is 5.02 Å². The second-order valence-electron chi connectivity index (χ2n) is 4.49. The van der Waals surface area contributed by atoms with Crippen LogP contribution < -0.4 is 0 Å². The van der Waals surface area contributed by atoms with Crippen LogP contribution in [-0.4, -0.2) is 0 Å². The highest BCUT2D eigenvalue weighted by Gasteiger charge is 2.05. The van der Waals surface area contributed by atoms with Gasteiger partial charge in [-0.1, -0.05) is 60.1 Å². The Labute approximate surface area is 112 Å². The molecule has 0 amide bonds. The third kappa shape index (κ3) is 1.89. The normalized spacial score (nSPS) is 10.8. The van der Waals surface area contributed by atoms with Crippen LogP contribution >= 0.6 is 11.6 Å². The molecule has 0 fully saturated rings. The maximum absolute atomic E-state index is 5.95. The molecular formula is C17H13Cl. The summed E-state index contributed by atoms with van der Waals surface area (Å²) >= 11 is 5.95. The van der Waals surface area contributed by atoms with Gasteiger partial charge in [-0.05, 0) is 46.5 Å². The van der Waals surface area contributed by atoms with Crippen molar-refractivity contribution in [2.24, 2.45) is 0 Å². The molecule has 0 saturated carbocycles. The van der Waals surface area contributed by atoms with Crippen molar-refractivity contribution < 1.29 is 0 Å². The molecule has 3 aromatic rings. The Morgan fingerprint density at radius 2 is 1.44 bits per heavy atom. The first-order valence-corrected chi connectivity index (χ1v) is 6.38. The second kappa shape index (κ2) is 4.47. The minimum atomic E-state index is 0.774. The number of aryl methyl sites for hydroxylation is 1. The van der Waals surface area contributed by atoms with Gasteiger partial charge in [-0.15, -0.1) is 0 Å². The Morgan fingerprint density at radius 3 is 2.17 bits per heavy atom. The van der Waals surface area contributed by atoms with E-state index >= 15 is 0 Å². The fourth-order valence-electron chi connectivity index (χ4n) is 2.40. The minimum Gasteiger partial charge on any atom is -0.0843 e. The molecule has 0 aromatic heterocycles. The number of fused-ring (bicyclic) bond motifs is 1. The standard InChI is InChI=1S/C17H13Cl/c1-12-4-2-5-14-6-3-7-16(17(12)14)13-8-10-15(18)11-9-13/h2-11H,1H3. The van der Waals surface area contributed by atoms with Crippen LogP contribution in [0.15, 0.2) is 60.7 Å². The van der Waals surface area contributed by atoms with Crippen LogP contribution in [0.4, 0.5) is 0 Å². The fraction of sp³-hybridized carbons (Fsp3) is 0.0588. The highest BCUT2D eigenvalue weighted by Crippen LogP contribution is 2.31. The Hall–Kier alpha value is -1.79. The van der Waals surface area contributed by atoms with Crippen LogP contribution in [0, 0.1) is 6.92 Å². The van der Waals surface area contributed by atoms with Crippen molar-refractivity contribution in [3.63, 3.8) is 0 Å². The number of hydrogen-bond donors (Lipinski definition) is 0. The van der Waals surface area contributed by atoms with Crippen molar-refractivity contribution in [2.75, 3.05) is 0 Å². The molecule has 0 nitrogen and oxygen atoms in total. The summed E-state index contributed by atoms with van der Waals surface area (Å²) in [6.45, 7) is 2.15. The number of rotatable bonds is 1. The van der Waals surface area contributed by atoms with Crippen LogP contribution in [0.5, 0.6) is 0 Å². The molecule has 1 heteroatoms. The van der Waals surface area contributed by atoms with Gasteiger partial charge >= 0.3 is 0 Å². The highest BCUT2D eigenvalue weighted by molar-refractivity contribution is 6.30. The molecule has 0 aliphatic rings. The Balaban J connectivity index is 2.32. The van der Waals surface area contributed by atoms with Gasteiger partial charge in [-0.25, -0.2) is 0 Å². The number of benzene rings is 3. The summed E-state index contributed by atoms with van der Waals surface area (Å²) in [6, 6.07) is 20.9. The third-order valence-corrected chi connectivity index (χ3v) is 3.52. The molecule has 88 valence electrons. The Bertz CT molecular complexity index is 691. The Kier molecular flexibility index (Phi) is 2.81. The second-order valence-corrected chi connectivity index (χ2v) is 4.92. The quantitative estimate of drug-likeness (QED) is 0.539. The molecule has 3 rings (SSSR count). The summed E-state index contributed by atoms with van der Waals surface area (Å²) in [4.78, 5) is 0. The fourth-order valence-corrected chi connectivity index (χ4v) is 2.52. The lowest BCUT2D eigenvalue weighted by molar-refractivity contribution is 1.52. The first-order chi connectivity index (χ1) is 8.75. The van der Waals surface area contributed by atoms with Crippen LogP contribution in [0.3, 0.4) is 0 Å². The van der Waals surface area contributed by atoms with Crippen LogP contribution in [-0.2, 0) is 0 Å². The number of halogens is 1. The first-order valence-electron chi connectivity index (χ1n) is 6.00. The predicted octanol–water partition coefficient (Wildman–Crippen LogP) is 5.47. The van der Waals surface area contributed by atoms with Gasteiger partial charge in [0.2, 0.25) is 0 Å². The van der Waals surface area contributed by atoms with E-state index < -0.39 is 0 Å². The van der Waals surface area contributed by atoms with Gasteiger partial charge in [0.25, 0.3) is 0 Å². The monoisotopic (exact) mass is 252 g/mol. The molecule has 0 aliphatic carbocycles. The van der Waals surface area contributed by atoms with E-state index in [-0.39, 0.29) is 0 Å². The molecule has 0 aliphatic heterocycles. The van der Waals surface area contributed by atoms with Gasteiger partial charge in [0.05, 0.1) is 0 Å². The molecule has 0 heterocycles. The van der Waals surface area contributed by atoms with Crippen LogP contribution in [0.1, 0.15) is 5.56 Å². The van der Waals surface area contributed by atoms with Crippen molar-refractivity contribution in [3.05, 3.63) is 71.2 Å². The molecule has 0 saturated heterocycles. The van der Waals surface area contributed by atoms with E-state index in [4.69, 9.17) is 11.6 Å². The van der Waals surface area contributed by atoms with E-state index in [9.17, 15) is 0 Å². The summed E-state index contributed by atoms with van der Waals surface area (Å²) in [5.41, 5.74) is 3.78. The lowest BCUT2D eigenvalue weighted by Crippen LogP contribution is -1.84. The summed E-state index contributed by atoms with van der Waals surface area (Å²) in [7, 11) is 0. The zero-order chi connectivity index (χ0) is 12.5. The SMILES string of the molecule is Cc1cccc2cccc(-c3ccc(Cl)cc3)c12. The summed E-state index contributed by atoms with van der Waals surface area (Å²) in [5.74, 6) is 0. The molecule has 0 bridgehead atoms. The molecule has 0 N–H and O–H groups in total. The molecule has 3 aromatic carbocycles. The summed E-state index contributed by atoms with van der Waals surface area (Å²) in [5, 5.41) is 3.38. The minimum absolute atomic E-state index is 0.774. The maximum Gasteiger partial charge on any atom is 0.0406 e. The van der Waals surface area contributed by atoms with Gasteiger partial charge in [0.1, 0.15) is 0 Å². The van der Waals surface area contributed by atoms with Crippen molar-refractivity contribution in [1.82, 2.24) is 0 Å². The molecule has 0 spiro atoms. The van der Waals surface area contributed by atoms with Crippen molar-refractivity contribution in [1.29, 1.82) is 0 Å². The van der Waals surface area contributed by atoms with Gasteiger partial charge in [0.15, 0.2) is 0 Å². The van der Waals surface area contributed by atoms with Gasteiger partial charge in [-0.3, -0.25) is 0 Å². The van der Waals surface area contributed by atoms with Crippen LogP contribution in [0.25, 0.3) is 21.9 Å². The van der Waals surface area contributed by atoms with Gasteiger partial charge in [0, 0.05) is 5.02 Å². The highest BCUT2D eigenvalue weighted by atomic mass is 35.5. The van der Waals surface area contributed by atoms with Crippen molar-refractivity contribution in [3.8, 4) is 11.1 Å². The van der Waals surface area contributed by atoms with E-state index in [1.807, 2.05) is 12.1 Å². The number of hydrogen-bond acceptors (Lipinski definition) is 0. The van der Waals surface area contributed by atoms with E-state index in [1.54, 1.807) is 0 Å². The molecular weight excluding hydrogens is 240 g/mol. The average Bonchev–Trinajstić information content (AvgIpc) is 2.39. The maximum atomic E-state index is 5.95. The van der Waals surface area contributed by atoms with E-state index in [0.29, 0.717) is 0 Å². The largest absolute Gasteiger partial charge is 0.0843 e. The third-order valence-electron chi connectivity index (χ3n) is 3.27. The molecule has 18 heavy (non-hydrogen) atoms. The zero-order valence-electron chi connectivity index (χ0n) is 10.2. The van der Waals surface area contributed by atoms with Crippen molar-refractivity contribution in [2.45, 2.75) is 6.92 Å². The van der Waals surface area contributed by atoms with E-state index in [2.05, 4.69) is 55.5 Å². The van der Waals surface area contributed by atoms with Crippen molar-refractivity contribution >= 4 is 22.4 Å². The lowest BCUT2D eigenvalue weighted by Gasteiger charge is -2.09. The zero-order valence-corrected chi connectivity index (χ0v) is 10.9. The predicted molar refractivity (Wildman–Crippen MR) is 79.1 cm³/mol. The first kappa shape index (κ1) is 11.3. The lowest BCUT2D eigenvalue weighted by atomic mass is 9.95. The summed E-state index contributed by atoms with van der Waals surface area (Å²) < 4.78 is 0. The van der Waals surface area contributed by atoms with Crippen LogP contribution in [0.2, 0.25) is 5.02 Å². The van der Waals surface area contributed by atoms with Gasteiger partial charge in [-0.2, -0.15) is 0 Å². The van der Waals surface area contributed by atoms with E-state index in [1.165, 1.54) is 27.5 Å². The molecule has 0 unspecified atom stereocenters. The smallest absolute Gasteiger partial charge is 0.0406 e. The van der Waals surface area contributed by atoms with Gasteiger partial charge < -0.3 is 0 Å². The molecule has 0 radical (unpaired) electrons. The molecule has 0 atom stereocenters. The Morgan fingerprint density at radius 1 is 0.778 bits per heavy atom.